The summed E-state index contributed by atoms with van der Waals surface area (Å²) < 4.78 is 0. The molecular formula is C18H21Cl2NO. The highest BCUT2D eigenvalue weighted by atomic mass is 35.5. The first kappa shape index (κ1) is 17.3. The van der Waals surface area contributed by atoms with Crippen molar-refractivity contribution in [3.8, 4) is 0 Å². The van der Waals surface area contributed by atoms with Crippen molar-refractivity contribution in [1.29, 1.82) is 0 Å². The molecule has 118 valence electrons. The molecule has 2 unspecified atom stereocenters. The van der Waals surface area contributed by atoms with Crippen molar-refractivity contribution in [3.63, 3.8) is 0 Å². The van der Waals surface area contributed by atoms with E-state index in [1.165, 1.54) is 5.56 Å². The molecule has 0 bridgehead atoms. The molecule has 22 heavy (non-hydrogen) atoms. The maximum Gasteiger partial charge on any atom is 0.0982 e. The third-order valence-electron chi connectivity index (χ3n) is 3.79. The van der Waals surface area contributed by atoms with E-state index in [-0.39, 0.29) is 5.41 Å². The van der Waals surface area contributed by atoms with Gasteiger partial charge in [-0.3, -0.25) is 0 Å². The molecule has 2 aromatic rings. The minimum atomic E-state index is -0.800. The Hall–Kier alpha value is -1.06. The predicted molar refractivity (Wildman–Crippen MR) is 93.5 cm³/mol. The van der Waals surface area contributed by atoms with Gasteiger partial charge in [0.1, 0.15) is 0 Å². The number of aliphatic hydroxyl groups is 1. The average molecular weight is 338 g/mol. The molecule has 0 aliphatic heterocycles. The van der Waals surface area contributed by atoms with Crippen LogP contribution >= 0.6 is 23.2 Å². The lowest BCUT2D eigenvalue weighted by Gasteiger charge is -2.22. The third kappa shape index (κ3) is 3.82. The van der Waals surface area contributed by atoms with Crippen molar-refractivity contribution in [1.82, 2.24) is 0 Å². The summed E-state index contributed by atoms with van der Waals surface area (Å²) in [7, 11) is 0. The average Bonchev–Trinajstić information content (AvgIpc) is 2.48. The van der Waals surface area contributed by atoms with Crippen molar-refractivity contribution in [2.45, 2.75) is 38.3 Å². The second-order valence-electron chi connectivity index (χ2n) is 6.52. The standard InChI is InChI=1S/C18H21Cl2NO/c1-18(2,3)13-7-4-11(5-8-13)17(22)16(21)12-6-9-14(19)15(20)10-12/h4-10,16-17,22H,21H2,1-3H3. The summed E-state index contributed by atoms with van der Waals surface area (Å²) in [5.41, 5.74) is 8.99. The summed E-state index contributed by atoms with van der Waals surface area (Å²) in [6, 6.07) is 12.5. The Kier molecular flexibility index (Phi) is 5.18. The quantitative estimate of drug-likeness (QED) is 0.825. The van der Waals surface area contributed by atoms with Crippen LogP contribution < -0.4 is 5.73 Å². The first-order chi connectivity index (χ1) is 10.2. The van der Waals surface area contributed by atoms with Crippen molar-refractivity contribution in [3.05, 3.63) is 69.2 Å². The van der Waals surface area contributed by atoms with Gasteiger partial charge in [-0.05, 0) is 34.2 Å². The number of nitrogens with two attached hydrogens (primary N) is 1. The van der Waals surface area contributed by atoms with E-state index in [0.29, 0.717) is 10.0 Å². The zero-order valence-corrected chi connectivity index (χ0v) is 14.5. The normalized spacial score (nSPS) is 14.7. The first-order valence-corrected chi connectivity index (χ1v) is 7.95. The van der Waals surface area contributed by atoms with Gasteiger partial charge in [-0.2, -0.15) is 0 Å². The number of aliphatic hydroxyl groups excluding tert-OH is 1. The van der Waals surface area contributed by atoms with Gasteiger partial charge in [0.05, 0.1) is 22.2 Å². The van der Waals surface area contributed by atoms with Crippen LogP contribution in [0.2, 0.25) is 10.0 Å². The SMILES string of the molecule is CC(C)(C)c1ccc(C(O)C(N)c2ccc(Cl)c(Cl)c2)cc1. The molecule has 2 rings (SSSR count). The summed E-state index contributed by atoms with van der Waals surface area (Å²) >= 11 is 11.9. The van der Waals surface area contributed by atoms with Gasteiger partial charge in [0, 0.05) is 0 Å². The number of benzene rings is 2. The van der Waals surface area contributed by atoms with E-state index in [4.69, 9.17) is 28.9 Å². The van der Waals surface area contributed by atoms with Gasteiger partial charge >= 0.3 is 0 Å². The lowest BCUT2D eigenvalue weighted by Crippen LogP contribution is -2.20. The number of halogens is 2. The highest BCUT2D eigenvalue weighted by molar-refractivity contribution is 6.42. The Morgan fingerprint density at radius 2 is 1.45 bits per heavy atom. The Balaban J connectivity index is 2.23. The molecule has 0 radical (unpaired) electrons. The molecule has 2 nitrogen and oxygen atoms in total. The lowest BCUT2D eigenvalue weighted by molar-refractivity contribution is 0.147. The van der Waals surface area contributed by atoms with Gasteiger partial charge in [0.25, 0.3) is 0 Å². The van der Waals surface area contributed by atoms with Crippen molar-refractivity contribution in [2.75, 3.05) is 0 Å². The molecule has 0 heterocycles. The molecule has 0 saturated carbocycles. The summed E-state index contributed by atoms with van der Waals surface area (Å²) in [4.78, 5) is 0. The summed E-state index contributed by atoms with van der Waals surface area (Å²) in [6.45, 7) is 6.46. The van der Waals surface area contributed by atoms with Crippen LogP contribution in [0.1, 0.15) is 49.6 Å². The largest absolute Gasteiger partial charge is 0.386 e. The molecule has 2 aromatic carbocycles. The van der Waals surface area contributed by atoms with E-state index < -0.39 is 12.1 Å². The van der Waals surface area contributed by atoms with Crippen LogP contribution in [0, 0.1) is 0 Å². The molecule has 4 heteroatoms. The van der Waals surface area contributed by atoms with Crippen LogP contribution in [0.4, 0.5) is 0 Å². The highest BCUT2D eigenvalue weighted by Crippen LogP contribution is 2.32. The Morgan fingerprint density at radius 3 is 1.95 bits per heavy atom. The van der Waals surface area contributed by atoms with Crippen LogP contribution in [-0.2, 0) is 5.41 Å². The van der Waals surface area contributed by atoms with Crippen LogP contribution in [0.25, 0.3) is 0 Å². The van der Waals surface area contributed by atoms with Crippen LogP contribution in [0.5, 0.6) is 0 Å². The first-order valence-electron chi connectivity index (χ1n) is 7.19. The number of hydrogen-bond acceptors (Lipinski definition) is 2. The van der Waals surface area contributed by atoms with Crippen LogP contribution in [0.3, 0.4) is 0 Å². The minimum Gasteiger partial charge on any atom is -0.386 e. The number of hydrogen-bond donors (Lipinski definition) is 2. The summed E-state index contributed by atoms with van der Waals surface area (Å²) in [6.07, 6.45) is -0.800. The van der Waals surface area contributed by atoms with Gasteiger partial charge < -0.3 is 10.8 Å². The Morgan fingerprint density at radius 1 is 0.909 bits per heavy atom. The molecule has 3 N–H and O–H groups in total. The van der Waals surface area contributed by atoms with Crippen molar-refractivity contribution in [2.24, 2.45) is 5.73 Å². The summed E-state index contributed by atoms with van der Waals surface area (Å²) in [5, 5.41) is 11.4. The van der Waals surface area contributed by atoms with Crippen LogP contribution in [-0.4, -0.2) is 5.11 Å². The second kappa shape index (κ2) is 6.59. The minimum absolute atomic E-state index is 0.0787. The lowest BCUT2D eigenvalue weighted by atomic mass is 9.86. The van der Waals surface area contributed by atoms with Crippen molar-refractivity contribution < 1.29 is 5.11 Å². The molecule has 0 saturated heterocycles. The van der Waals surface area contributed by atoms with Gasteiger partial charge in [-0.15, -0.1) is 0 Å². The number of rotatable bonds is 3. The van der Waals surface area contributed by atoms with Crippen LogP contribution in [0.15, 0.2) is 42.5 Å². The van der Waals surface area contributed by atoms with E-state index in [0.717, 1.165) is 11.1 Å². The maximum absolute atomic E-state index is 10.5. The Labute approximate surface area is 141 Å². The molecule has 0 aliphatic carbocycles. The fourth-order valence-corrected chi connectivity index (χ4v) is 2.60. The molecule has 2 atom stereocenters. The van der Waals surface area contributed by atoms with E-state index in [9.17, 15) is 5.11 Å². The van der Waals surface area contributed by atoms with E-state index in [2.05, 4.69) is 20.8 Å². The molecular weight excluding hydrogens is 317 g/mol. The third-order valence-corrected chi connectivity index (χ3v) is 4.53. The molecule has 0 amide bonds. The van der Waals surface area contributed by atoms with E-state index >= 15 is 0 Å². The van der Waals surface area contributed by atoms with Gasteiger partial charge in [0.15, 0.2) is 0 Å². The fourth-order valence-electron chi connectivity index (χ4n) is 2.29. The van der Waals surface area contributed by atoms with Gasteiger partial charge in [-0.25, -0.2) is 0 Å². The van der Waals surface area contributed by atoms with Gasteiger partial charge in [-0.1, -0.05) is 74.3 Å². The van der Waals surface area contributed by atoms with E-state index in [1.807, 2.05) is 24.3 Å². The van der Waals surface area contributed by atoms with Gasteiger partial charge in [0.2, 0.25) is 0 Å². The highest BCUT2D eigenvalue weighted by Gasteiger charge is 2.20. The predicted octanol–water partition coefficient (Wildman–Crippen LogP) is 5.02. The smallest absolute Gasteiger partial charge is 0.0982 e. The second-order valence-corrected chi connectivity index (χ2v) is 7.33. The van der Waals surface area contributed by atoms with E-state index in [1.54, 1.807) is 18.2 Å². The zero-order chi connectivity index (χ0) is 16.5. The maximum atomic E-state index is 10.5. The monoisotopic (exact) mass is 337 g/mol. The fraction of sp³-hybridized carbons (Fsp3) is 0.333. The molecule has 0 fully saturated rings. The molecule has 0 aliphatic rings. The molecule has 0 spiro atoms. The van der Waals surface area contributed by atoms with Crippen molar-refractivity contribution >= 4 is 23.2 Å². The zero-order valence-electron chi connectivity index (χ0n) is 13.0. The Bertz CT molecular complexity index is 647. The molecule has 0 aromatic heterocycles. The summed E-state index contributed by atoms with van der Waals surface area (Å²) in [5.74, 6) is 0. The topological polar surface area (TPSA) is 46.2 Å².